The van der Waals surface area contributed by atoms with E-state index in [9.17, 15) is 4.79 Å². The van der Waals surface area contributed by atoms with Gasteiger partial charge in [0, 0.05) is 19.3 Å². The van der Waals surface area contributed by atoms with Crippen molar-refractivity contribution in [2.45, 2.75) is 33.6 Å². The van der Waals surface area contributed by atoms with Gasteiger partial charge >= 0.3 is 5.97 Å². The minimum Gasteiger partial charge on any atom is -0.481 e. The lowest BCUT2D eigenvalue weighted by molar-refractivity contribution is -0.141. The van der Waals surface area contributed by atoms with Crippen LogP contribution in [0.15, 0.2) is 24.3 Å². The van der Waals surface area contributed by atoms with E-state index in [2.05, 4.69) is 43.0 Å². The summed E-state index contributed by atoms with van der Waals surface area (Å²) < 4.78 is 0. The van der Waals surface area contributed by atoms with E-state index in [-0.39, 0.29) is 5.92 Å². The lowest BCUT2D eigenvalue weighted by atomic mass is 10.0. The summed E-state index contributed by atoms with van der Waals surface area (Å²) in [5.74, 6) is -0.344. The van der Waals surface area contributed by atoms with Gasteiger partial charge in [0.15, 0.2) is 0 Å². The zero-order valence-corrected chi connectivity index (χ0v) is 12.4. The number of aliphatic carboxylic acids is 1. The van der Waals surface area contributed by atoms with Crippen LogP contribution in [0.1, 0.15) is 32.8 Å². The van der Waals surface area contributed by atoms with Crippen molar-refractivity contribution in [2.75, 3.05) is 18.5 Å². The third-order valence-corrected chi connectivity index (χ3v) is 3.34. The Kier molecular flexibility index (Phi) is 5.87. The Labute approximate surface area is 116 Å². The van der Waals surface area contributed by atoms with E-state index in [0.717, 1.165) is 18.7 Å². The SMILES string of the molecule is CC(C)Cc1ccc(N(C)CCC(C)C(=O)O)cc1. The van der Waals surface area contributed by atoms with Crippen molar-refractivity contribution in [1.82, 2.24) is 0 Å². The Morgan fingerprint density at radius 1 is 1.21 bits per heavy atom. The standard InChI is InChI=1S/C16H25NO2/c1-12(2)11-14-5-7-15(8-6-14)17(4)10-9-13(3)16(18)19/h5-8,12-13H,9-11H2,1-4H3,(H,18,19). The van der Waals surface area contributed by atoms with E-state index in [4.69, 9.17) is 5.11 Å². The average Bonchev–Trinajstić information content (AvgIpc) is 2.35. The number of hydrogen-bond donors (Lipinski definition) is 1. The maximum Gasteiger partial charge on any atom is 0.306 e. The first-order chi connectivity index (χ1) is 8.90. The molecule has 1 atom stereocenters. The predicted molar refractivity (Wildman–Crippen MR) is 79.7 cm³/mol. The summed E-state index contributed by atoms with van der Waals surface area (Å²) in [6, 6.07) is 8.55. The van der Waals surface area contributed by atoms with Gasteiger partial charge in [-0.2, -0.15) is 0 Å². The lowest BCUT2D eigenvalue weighted by Gasteiger charge is -2.20. The van der Waals surface area contributed by atoms with E-state index in [1.165, 1.54) is 5.56 Å². The molecule has 0 spiro atoms. The molecular weight excluding hydrogens is 238 g/mol. The Morgan fingerprint density at radius 2 is 1.79 bits per heavy atom. The maximum atomic E-state index is 10.8. The van der Waals surface area contributed by atoms with Gasteiger partial charge in [0.2, 0.25) is 0 Å². The Morgan fingerprint density at radius 3 is 2.26 bits per heavy atom. The van der Waals surface area contributed by atoms with Gasteiger partial charge < -0.3 is 10.0 Å². The minimum atomic E-state index is -0.722. The van der Waals surface area contributed by atoms with Crippen LogP contribution in [0.4, 0.5) is 5.69 Å². The molecule has 1 aromatic carbocycles. The first-order valence-electron chi connectivity index (χ1n) is 6.93. The van der Waals surface area contributed by atoms with E-state index >= 15 is 0 Å². The molecule has 0 aliphatic rings. The van der Waals surface area contributed by atoms with E-state index < -0.39 is 5.97 Å². The zero-order chi connectivity index (χ0) is 14.4. The van der Waals surface area contributed by atoms with Gasteiger partial charge in [-0.1, -0.05) is 32.9 Å². The van der Waals surface area contributed by atoms with Gasteiger partial charge in [-0.3, -0.25) is 4.79 Å². The van der Waals surface area contributed by atoms with Crippen molar-refractivity contribution in [3.8, 4) is 0 Å². The van der Waals surface area contributed by atoms with Crippen molar-refractivity contribution in [3.05, 3.63) is 29.8 Å². The van der Waals surface area contributed by atoms with Crippen LogP contribution < -0.4 is 4.90 Å². The highest BCUT2D eigenvalue weighted by Crippen LogP contribution is 2.17. The Balaban J connectivity index is 2.53. The number of rotatable bonds is 7. The average molecular weight is 263 g/mol. The van der Waals surface area contributed by atoms with Gasteiger partial charge in [0.05, 0.1) is 5.92 Å². The molecule has 0 fully saturated rings. The summed E-state index contributed by atoms with van der Waals surface area (Å²) in [5.41, 5.74) is 2.50. The van der Waals surface area contributed by atoms with Crippen LogP contribution in [-0.2, 0) is 11.2 Å². The summed E-state index contributed by atoms with van der Waals surface area (Å²) in [5, 5.41) is 8.87. The summed E-state index contributed by atoms with van der Waals surface area (Å²) in [6.45, 7) is 6.94. The summed E-state index contributed by atoms with van der Waals surface area (Å²) in [4.78, 5) is 12.9. The number of carboxylic acid groups (broad SMARTS) is 1. The highest BCUT2D eigenvalue weighted by atomic mass is 16.4. The largest absolute Gasteiger partial charge is 0.481 e. The smallest absolute Gasteiger partial charge is 0.306 e. The molecule has 0 bridgehead atoms. The van der Waals surface area contributed by atoms with Crippen molar-refractivity contribution in [1.29, 1.82) is 0 Å². The third-order valence-electron chi connectivity index (χ3n) is 3.34. The van der Waals surface area contributed by atoms with E-state index in [0.29, 0.717) is 12.3 Å². The molecule has 0 aromatic heterocycles. The molecular formula is C16H25NO2. The van der Waals surface area contributed by atoms with Gasteiger partial charge in [-0.15, -0.1) is 0 Å². The second-order valence-electron chi connectivity index (χ2n) is 5.71. The lowest BCUT2D eigenvalue weighted by Crippen LogP contribution is -2.22. The fraction of sp³-hybridized carbons (Fsp3) is 0.562. The van der Waals surface area contributed by atoms with Crippen molar-refractivity contribution >= 4 is 11.7 Å². The molecule has 0 radical (unpaired) electrons. The Bertz CT molecular complexity index is 398. The topological polar surface area (TPSA) is 40.5 Å². The first kappa shape index (κ1) is 15.5. The van der Waals surface area contributed by atoms with Gasteiger partial charge in [0.1, 0.15) is 0 Å². The molecule has 106 valence electrons. The summed E-state index contributed by atoms with van der Waals surface area (Å²) in [7, 11) is 2.01. The van der Waals surface area contributed by atoms with Crippen LogP contribution >= 0.6 is 0 Å². The quantitative estimate of drug-likeness (QED) is 0.819. The van der Waals surface area contributed by atoms with Crippen molar-refractivity contribution in [3.63, 3.8) is 0 Å². The van der Waals surface area contributed by atoms with Gasteiger partial charge in [-0.25, -0.2) is 0 Å². The fourth-order valence-electron chi connectivity index (χ4n) is 2.00. The number of carbonyl (C=O) groups is 1. The second-order valence-corrected chi connectivity index (χ2v) is 5.71. The molecule has 3 heteroatoms. The third kappa shape index (κ3) is 5.33. The van der Waals surface area contributed by atoms with Crippen molar-refractivity contribution in [2.24, 2.45) is 11.8 Å². The molecule has 3 nitrogen and oxygen atoms in total. The molecule has 1 N–H and O–H groups in total. The first-order valence-corrected chi connectivity index (χ1v) is 6.93. The molecule has 0 heterocycles. The fourth-order valence-corrected chi connectivity index (χ4v) is 2.00. The zero-order valence-electron chi connectivity index (χ0n) is 12.4. The van der Waals surface area contributed by atoms with Gasteiger partial charge in [-0.05, 0) is 36.5 Å². The van der Waals surface area contributed by atoms with Crippen LogP contribution in [0.3, 0.4) is 0 Å². The molecule has 1 aromatic rings. The van der Waals surface area contributed by atoms with Crippen molar-refractivity contribution < 1.29 is 9.90 Å². The normalized spacial score (nSPS) is 12.5. The molecule has 1 rings (SSSR count). The number of carboxylic acids is 1. The van der Waals surface area contributed by atoms with Crippen LogP contribution in [0.5, 0.6) is 0 Å². The highest BCUT2D eigenvalue weighted by Gasteiger charge is 2.11. The minimum absolute atomic E-state index is 0.289. The number of benzene rings is 1. The molecule has 0 saturated heterocycles. The van der Waals surface area contributed by atoms with Gasteiger partial charge in [0.25, 0.3) is 0 Å². The van der Waals surface area contributed by atoms with Crippen LogP contribution in [0.2, 0.25) is 0 Å². The molecule has 0 saturated carbocycles. The number of hydrogen-bond acceptors (Lipinski definition) is 2. The Hall–Kier alpha value is -1.51. The number of anilines is 1. The van der Waals surface area contributed by atoms with E-state index in [1.807, 2.05) is 7.05 Å². The predicted octanol–water partition coefficient (Wildman–Crippen LogP) is 3.43. The van der Waals surface area contributed by atoms with Crippen LogP contribution in [-0.4, -0.2) is 24.7 Å². The maximum absolute atomic E-state index is 10.8. The highest BCUT2D eigenvalue weighted by molar-refractivity contribution is 5.69. The molecule has 0 amide bonds. The monoisotopic (exact) mass is 263 g/mol. The summed E-state index contributed by atoms with van der Waals surface area (Å²) >= 11 is 0. The van der Waals surface area contributed by atoms with E-state index in [1.54, 1.807) is 6.92 Å². The summed E-state index contributed by atoms with van der Waals surface area (Å²) in [6.07, 6.45) is 1.76. The molecule has 0 aliphatic carbocycles. The molecule has 19 heavy (non-hydrogen) atoms. The molecule has 0 aliphatic heterocycles. The van der Waals surface area contributed by atoms with Crippen LogP contribution in [0, 0.1) is 11.8 Å². The number of nitrogens with zero attached hydrogens (tertiary/aromatic N) is 1. The van der Waals surface area contributed by atoms with Crippen LogP contribution in [0.25, 0.3) is 0 Å². The molecule has 1 unspecified atom stereocenters. The second kappa shape index (κ2) is 7.17.